The number of pyridine rings is 1. The molecule has 1 heterocycles. The third-order valence-corrected chi connectivity index (χ3v) is 3.28. The van der Waals surface area contributed by atoms with Gasteiger partial charge in [-0.2, -0.15) is 13.2 Å². The lowest BCUT2D eigenvalue weighted by Gasteiger charge is -2.40. The van der Waals surface area contributed by atoms with Gasteiger partial charge >= 0.3 is 6.18 Å². The Morgan fingerprint density at radius 2 is 2.00 bits per heavy atom. The molecule has 0 atom stereocenters. The first-order valence-electron chi connectivity index (χ1n) is 5.12. The zero-order valence-corrected chi connectivity index (χ0v) is 8.59. The third-order valence-electron chi connectivity index (χ3n) is 3.28. The Morgan fingerprint density at radius 3 is 2.31 bits per heavy atom. The molecule has 0 radical (unpaired) electrons. The number of halogens is 3. The van der Waals surface area contributed by atoms with Crippen molar-refractivity contribution in [2.24, 2.45) is 0 Å². The third kappa shape index (κ3) is 1.80. The van der Waals surface area contributed by atoms with Crippen LogP contribution in [0.3, 0.4) is 0 Å². The second-order valence-electron chi connectivity index (χ2n) is 4.22. The lowest BCUT2D eigenvalue weighted by atomic mass is 9.65. The maximum Gasteiger partial charge on any atom is 0.433 e. The highest BCUT2D eigenvalue weighted by molar-refractivity contribution is 5.27. The minimum absolute atomic E-state index is 0.0277. The standard InChI is InChI=1S/C11H12F3NO/c12-11(13,14)9-3-2-8(6-15-9)10(7-16)4-1-5-10/h2-3,6,16H,1,4-5,7H2. The van der Waals surface area contributed by atoms with E-state index in [1.165, 1.54) is 12.3 Å². The molecule has 0 bridgehead atoms. The Balaban J connectivity index is 2.26. The molecule has 1 fully saturated rings. The van der Waals surface area contributed by atoms with Crippen LogP contribution in [0, 0.1) is 0 Å². The van der Waals surface area contributed by atoms with Crippen LogP contribution in [-0.2, 0) is 11.6 Å². The van der Waals surface area contributed by atoms with Crippen LogP contribution in [0.4, 0.5) is 13.2 Å². The van der Waals surface area contributed by atoms with E-state index in [1.54, 1.807) is 0 Å². The van der Waals surface area contributed by atoms with Crippen molar-refractivity contribution in [1.82, 2.24) is 4.98 Å². The Bertz CT molecular complexity index is 362. The van der Waals surface area contributed by atoms with Gasteiger partial charge in [-0.1, -0.05) is 12.5 Å². The summed E-state index contributed by atoms with van der Waals surface area (Å²) < 4.78 is 36.8. The summed E-state index contributed by atoms with van der Waals surface area (Å²) in [6, 6.07) is 2.40. The van der Waals surface area contributed by atoms with E-state index >= 15 is 0 Å². The highest BCUT2D eigenvalue weighted by Crippen LogP contribution is 2.43. The molecule has 16 heavy (non-hydrogen) atoms. The van der Waals surface area contributed by atoms with Crippen molar-refractivity contribution in [1.29, 1.82) is 0 Å². The summed E-state index contributed by atoms with van der Waals surface area (Å²) in [5.41, 5.74) is -0.533. The van der Waals surface area contributed by atoms with Crippen molar-refractivity contribution in [2.45, 2.75) is 30.9 Å². The molecular weight excluding hydrogens is 219 g/mol. The molecule has 2 nitrogen and oxygen atoms in total. The van der Waals surface area contributed by atoms with Crippen LogP contribution in [0.1, 0.15) is 30.5 Å². The number of hydrogen-bond acceptors (Lipinski definition) is 2. The van der Waals surface area contributed by atoms with Gasteiger partial charge in [0.15, 0.2) is 0 Å². The fourth-order valence-electron chi connectivity index (χ4n) is 2.02. The van der Waals surface area contributed by atoms with Gasteiger partial charge in [-0.05, 0) is 24.5 Å². The molecule has 1 saturated carbocycles. The first kappa shape index (κ1) is 11.4. The molecule has 0 amide bonds. The average Bonchev–Trinajstić information content (AvgIpc) is 2.16. The maximum atomic E-state index is 12.3. The van der Waals surface area contributed by atoms with E-state index in [1.807, 2.05) is 0 Å². The first-order valence-corrected chi connectivity index (χ1v) is 5.12. The minimum Gasteiger partial charge on any atom is -0.395 e. The molecule has 88 valence electrons. The molecule has 0 saturated heterocycles. The lowest BCUT2D eigenvalue weighted by Crippen LogP contribution is -2.38. The topological polar surface area (TPSA) is 33.1 Å². The van der Waals surface area contributed by atoms with Gasteiger partial charge in [-0.15, -0.1) is 0 Å². The molecule has 0 spiro atoms. The molecule has 2 rings (SSSR count). The van der Waals surface area contributed by atoms with E-state index in [-0.39, 0.29) is 12.0 Å². The Kier molecular flexibility index (Phi) is 2.66. The molecular formula is C11H12F3NO. The summed E-state index contributed by atoms with van der Waals surface area (Å²) in [6.45, 7) is -0.0277. The second kappa shape index (κ2) is 3.73. The molecule has 5 heteroatoms. The van der Waals surface area contributed by atoms with E-state index in [9.17, 15) is 18.3 Å². The number of aliphatic hydroxyl groups excluding tert-OH is 1. The van der Waals surface area contributed by atoms with E-state index < -0.39 is 11.9 Å². The first-order chi connectivity index (χ1) is 7.48. The summed E-state index contributed by atoms with van der Waals surface area (Å²) in [5.74, 6) is 0. The van der Waals surface area contributed by atoms with Gasteiger partial charge in [-0.25, -0.2) is 0 Å². The van der Waals surface area contributed by atoms with Crippen molar-refractivity contribution < 1.29 is 18.3 Å². The van der Waals surface area contributed by atoms with Gasteiger partial charge in [0.1, 0.15) is 5.69 Å². The van der Waals surface area contributed by atoms with Gasteiger partial charge in [-0.3, -0.25) is 4.98 Å². The molecule has 1 aromatic heterocycles. The number of aromatic nitrogens is 1. The zero-order valence-electron chi connectivity index (χ0n) is 8.59. The Hall–Kier alpha value is -1.10. The SMILES string of the molecule is OCC1(c2ccc(C(F)(F)F)nc2)CCC1. The summed E-state index contributed by atoms with van der Waals surface area (Å²) in [6.07, 6.45) is -0.530. The van der Waals surface area contributed by atoms with Crippen molar-refractivity contribution >= 4 is 0 Å². The van der Waals surface area contributed by atoms with Crippen LogP contribution in [0.2, 0.25) is 0 Å². The monoisotopic (exact) mass is 231 g/mol. The van der Waals surface area contributed by atoms with Crippen molar-refractivity contribution in [3.05, 3.63) is 29.6 Å². The van der Waals surface area contributed by atoms with Crippen LogP contribution in [0.15, 0.2) is 18.3 Å². The molecule has 0 aliphatic heterocycles. The molecule has 0 unspecified atom stereocenters. The number of rotatable bonds is 2. The molecule has 0 aromatic carbocycles. The average molecular weight is 231 g/mol. The Morgan fingerprint density at radius 1 is 1.31 bits per heavy atom. The van der Waals surface area contributed by atoms with Crippen LogP contribution >= 0.6 is 0 Å². The van der Waals surface area contributed by atoms with Crippen molar-refractivity contribution in [3.63, 3.8) is 0 Å². The molecule has 1 aliphatic rings. The van der Waals surface area contributed by atoms with E-state index in [4.69, 9.17) is 0 Å². The number of hydrogen-bond donors (Lipinski definition) is 1. The number of nitrogens with zero attached hydrogens (tertiary/aromatic N) is 1. The van der Waals surface area contributed by atoms with Crippen LogP contribution in [0.5, 0.6) is 0 Å². The van der Waals surface area contributed by atoms with E-state index in [0.717, 1.165) is 25.3 Å². The van der Waals surface area contributed by atoms with Crippen molar-refractivity contribution in [3.8, 4) is 0 Å². The van der Waals surface area contributed by atoms with E-state index in [0.29, 0.717) is 5.56 Å². The summed E-state index contributed by atoms with van der Waals surface area (Å²) in [5, 5.41) is 9.27. The van der Waals surface area contributed by atoms with Gasteiger partial charge in [0.2, 0.25) is 0 Å². The predicted molar refractivity (Wildman–Crippen MR) is 51.9 cm³/mol. The van der Waals surface area contributed by atoms with Crippen LogP contribution in [0.25, 0.3) is 0 Å². The van der Waals surface area contributed by atoms with Crippen LogP contribution in [-0.4, -0.2) is 16.7 Å². The second-order valence-corrected chi connectivity index (χ2v) is 4.22. The number of alkyl halides is 3. The fourth-order valence-corrected chi connectivity index (χ4v) is 2.02. The lowest BCUT2D eigenvalue weighted by molar-refractivity contribution is -0.141. The largest absolute Gasteiger partial charge is 0.433 e. The molecule has 1 aliphatic carbocycles. The normalized spacial score (nSPS) is 19.2. The fraction of sp³-hybridized carbons (Fsp3) is 0.545. The highest BCUT2D eigenvalue weighted by atomic mass is 19.4. The molecule has 1 aromatic rings. The van der Waals surface area contributed by atoms with Crippen molar-refractivity contribution in [2.75, 3.05) is 6.61 Å². The smallest absolute Gasteiger partial charge is 0.395 e. The molecule has 1 N–H and O–H groups in total. The van der Waals surface area contributed by atoms with Gasteiger partial charge in [0.25, 0.3) is 0 Å². The zero-order chi connectivity index (χ0) is 11.8. The predicted octanol–water partition coefficient (Wildman–Crippen LogP) is 2.51. The van der Waals surface area contributed by atoms with Gasteiger partial charge < -0.3 is 5.11 Å². The Labute approximate surface area is 91.1 Å². The van der Waals surface area contributed by atoms with Crippen LogP contribution < -0.4 is 0 Å². The highest BCUT2D eigenvalue weighted by Gasteiger charge is 2.39. The summed E-state index contributed by atoms with van der Waals surface area (Å²) in [7, 11) is 0. The minimum atomic E-state index is -4.40. The van der Waals surface area contributed by atoms with Gasteiger partial charge in [0, 0.05) is 11.6 Å². The van der Waals surface area contributed by atoms with E-state index in [2.05, 4.69) is 4.98 Å². The maximum absolute atomic E-state index is 12.3. The summed E-state index contributed by atoms with van der Waals surface area (Å²) >= 11 is 0. The quantitative estimate of drug-likeness (QED) is 0.848. The number of aliphatic hydroxyl groups is 1. The summed E-state index contributed by atoms with van der Waals surface area (Å²) in [4.78, 5) is 3.41. The van der Waals surface area contributed by atoms with Gasteiger partial charge in [0.05, 0.1) is 6.61 Å².